The van der Waals surface area contributed by atoms with Gasteiger partial charge in [0.1, 0.15) is 5.76 Å². The van der Waals surface area contributed by atoms with Gasteiger partial charge in [0.2, 0.25) is 0 Å². The van der Waals surface area contributed by atoms with Crippen LogP contribution in [-0.2, 0) is 20.8 Å². The van der Waals surface area contributed by atoms with Gasteiger partial charge in [-0.2, -0.15) is 13.2 Å². The average Bonchev–Trinajstić information content (AvgIpc) is 3.21. The Morgan fingerprint density at radius 3 is 2.44 bits per heavy atom. The van der Waals surface area contributed by atoms with E-state index in [4.69, 9.17) is 9.26 Å². The third kappa shape index (κ3) is 3.62. The standard InChI is InChI=1S/C18H20F3NO4S/c1-10-17(11(2)26-22-10)12-4-7-16(15(8-12)18(19,20)21)27(23,24)14-6-5-13(9-14)25-3/h4,7-8,13-14H,5-6,9H2,1-3H3/t13-,14-/m1/s1. The van der Waals surface area contributed by atoms with Gasteiger partial charge in [0, 0.05) is 12.7 Å². The summed E-state index contributed by atoms with van der Waals surface area (Å²) >= 11 is 0. The summed E-state index contributed by atoms with van der Waals surface area (Å²) in [4.78, 5) is -0.688. The van der Waals surface area contributed by atoms with Crippen LogP contribution >= 0.6 is 0 Å². The minimum atomic E-state index is -4.81. The third-order valence-electron chi connectivity index (χ3n) is 5.02. The highest BCUT2D eigenvalue weighted by Gasteiger charge is 2.42. The molecule has 0 unspecified atom stereocenters. The van der Waals surface area contributed by atoms with Crippen LogP contribution in [0.1, 0.15) is 36.3 Å². The van der Waals surface area contributed by atoms with Crippen molar-refractivity contribution in [3.8, 4) is 11.1 Å². The number of halogens is 3. The van der Waals surface area contributed by atoms with E-state index in [1.807, 2.05) is 0 Å². The molecule has 1 aliphatic rings. The second kappa shape index (κ2) is 6.94. The molecule has 0 N–H and O–H groups in total. The summed E-state index contributed by atoms with van der Waals surface area (Å²) in [6.45, 7) is 3.21. The molecule has 0 aliphatic heterocycles. The lowest BCUT2D eigenvalue weighted by Crippen LogP contribution is -2.23. The van der Waals surface area contributed by atoms with Gasteiger partial charge in [-0.05, 0) is 50.8 Å². The third-order valence-corrected chi connectivity index (χ3v) is 7.30. The molecule has 0 radical (unpaired) electrons. The summed E-state index contributed by atoms with van der Waals surface area (Å²) in [5.74, 6) is 0.370. The van der Waals surface area contributed by atoms with Crippen molar-refractivity contribution in [2.75, 3.05) is 7.11 Å². The van der Waals surface area contributed by atoms with Crippen LogP contribution in [0.15, 0.2) is 27.6 Å². The van der Waals surface area contributed by atoms with Crippen LogP contribution in [0.4, 0.5) is 13.2 Å². The maximum Gasteiger partial charge on any atom is 0.417 e. The molecule has 1 heterocycles. The zero-order valence-electron chi connectivity index (χ0n) is 15.1. The highest BCUT2D eigenvalue weighted by molar-refractivity contribution is 7.92. The van der Waals surface area contributed by atoms with Gasteiger partial charge in [0.15, 0.2) is 9.84 Å². The molecule has 148 valence electrons. The fourth-order valence-electron chi connectivity index (χ4n) is 3.63. The Morgan fingerprint density at radius 1 is 1.22 bits per heavy atom. The molecule has 1 saturated carbocycles. The Labute approximate surface area is 155 Å². The minimum Gasteiger partial charge on any atom is -0.381 e. The average molecular weight is 403 g/mol. The van der Waals surface area contributed by atoms with Crippen molar-refractivity contribution in [2.45, 2.75) is 55.5 Å². The van der Waals surface area contributed by atoms with Crippen molar-refractivity contribution >= 4 is 9.84 Å². The van der Waals surface area contributed by atoms with E-state index in [9.17, 15) is 21.6 Å². The molecule has 1 aliphatic carbocycles. The lowest BCUT2D eigenvalue weighted by molar-refractivity contribution is -0.139. The van der Waals surface area contributed by atoms with Gasteiger partial charge in [0.25, 0.3) is 0 Å². The Bertz CT molecular complexity index is 931. The predicted molar refractivity (Wildman–Crippen MR) is 92.0 cm³/mol. The van der Waals surface area contributed by atoms with E-state index < -0.39 is 31.7 Å². The lowest BCUT2D eigenvalue weighted by atomic mass is 10.0. The molecule has 0 saturated heterocycles. The van der Waals surface area contributed by atoms with E-state index in [0.717, 1.165) is 12.1 Å². The number of benzene rings is 1. The highest BCUT2D eigenvalue weighted by Crippen LogP contribution is 2.41. The van der Waals surface area contributed by atoms with Crippen molar-refractivity contribution in [3.63, 3.8) is 0 Å². The monoisotopic (exact) mass is 403 g/mol. The first-order chi connectivity index (χ1) is 12.6. The molecule has 1 fully saturated rings. The van der Waals surface area contributed by atoms with Gasteiger partial charge in [-0.1, -0.05) is 11.2 Å². The van der Waals surface area contributed by atoms with Crippen LogP contribution < -0.4 is 0 Å². The molecule has 27 heavy (non-hydrogen) atoms. The predicted octanol–water partition coefficient (Wildman–Crippen LogP) is 4.32. The first kappa shape index (κ1) is 19.9. The fourth-order valence-corrected chi connectivity index (χ4v) is 5.64. The van der Waals surface area contributed by atoms with E-state index in [2.05, 4.69) is 5.16 Å². The molecule has 0 spiro atoms. The number of methoxy groups -OCH3 is 1. The first-order valence-corrected chi connectivity index (χ1v) is 10.0. The summed E-state index contributed by atoms with van der Waals surface area (Å²) in [5.41, 5.74) is -0.0701. The van der Waals surface area contributed by atoms with Gasteiger partial charge in [-0.25, -0.2) is 8.42 Å². The number of alkyl halides is 3. The van der Waals surface area contributed by atoms with E-state index in [-0.39, 0.29) is 24.5 Å². The summed E-state index contributed by atoms with van der Waals surface area (Å²) in [6, 6.07) is 3.28. The van der Waals surface area contributed by atoms with Crippen LogP contribution in [0.25, 0.3) is 11.1 Å². The van der Waals surface area contributed by atoms with Crippen molar-refractivity contribution in [2.24, 2.45) is 0 Å². The molecular formula is C18H20F3NO4S. The molecule has 9 heteroatoms. The molecule has 1 aromatic heterocycles. The number of sulfone groups is 1. The van der Waals surface area contributed by atoms with Crippen LogP contribution in [0, 0.1) is 13.8 Å². The first-order valence-electron chi connectivity index (χ1n) is 8.47. The van der Waals surface area contributed by atoms with E-state index in [0.29, 0.717) is 23.4 Å². The summed E-state index contributed by atoms with van der Waals surface area (Å²) < 4.78 is 77.1. The Balaban J connectivity index is 2.11. The smallest absolute Gasteiger partial charge is 0.381 e. The van der Waals surface area contributed by atoms with E-state index in [1.54, 1.807) is 13.8 Å². The molecular weight excluding hydrogens is 383 g/mol. The van der Waals surface area contributed by atoms with Crippen molar-refractivity contribution in [1.29, 1.82) is 0 Å². The molecule has 2 aromatic rings. The highest BCUT2D eigenvalue weighted by atomic mass is 32.2. The topological polar surface area (TPSA) is 69.4 Å². The number of nitrogens with zero attached hydrogens (tertiary/aromatic N) is 1. The Kier molecular flexibility index (Phi) is 5.11. The zero-order chi connectivity index (χ0) is 20.0. The lowest BCUT2D eigenvalue weighted by Gasteiger charge is -2.18. The van der Waals surface area contributed by atoms with Crippen LogP contribution in [0.5, 0.6) is 0 Å². The van der Waals surface area contributed by atoms with Crippen molar-refractivity contribution in [3.05, 3.63) is 35.2 Å². The fraction of sp³-hybridized carbons (Fsp3) is 0.500. The normalized spacial score (nSPS) is 21.0. The number of aromatic nitrogens is 1. The zero-order valence-corrected chi connectivity index (χ0v) is 15.9. The van der Waals surface area contributed by atoms with Gasteiger partial charge in [0.05, 0.1) is 27.5 Å². The summed E-state index contributed by atoms with van der Waals surface area (Å²) in [5, 5.41) is 2.87. The van der Waals surface area contributed by atoms with Gasteiger partial charge < -0.3 is 9.26 Å². The molecule has 2 atom stereocenters. The number of aryl methyl sites for hydroxylation is 2. The minimum absolute atomic E-state index is 0.196. The SMILES string of the molecule is CO[C@@H]1CC[C@@H](S(=O)(=O)c2ccc(-c3c(C)noc3C)cc2C(F)(F)F)C1. The van der Waals surface area contributed by atoms with Crippen LogP contribution in [-0.4, -0.2) is 32.0 Å². The maximum atomic E-state index is 13.7. The molecule has 3 rings (SSSR count). The van der Waals surface area contributed by atoms with Crippen LogP contribution in [0.3, 0.4) is 0 Å². The molecule has 0 amide bonds. The second-order valence-electron chi connectivity index (χ2n) is 6.75. The van der Waals surface area contributed by atoms with Crippen LogP contribution in [0.2, 0.25) is 0 Å². The van der Waals surface area contributed by atoms with Gasteiger partial charge in [-0.3, -0.25) is 0 Å². The maximum absolute atomic E-state index is 13.7. The van der Waals surface area contributed by atoms with E-state index >= 15 is 0 Å². The Morgan fingerprint density at radius 2 is 1.93 bits per heavy atom. The molecule has 1 aromatic carbocycles. The van der Waals surface area contributed by atoms with Crippen molar-refractivity contribution in [1.82, 2.24) is 5.16 Å². The van der Waals surface area contributed by atoms with Crippen molar-refractivity contribution < 1.29 is 30.8 Å². The molecule has 0 bridgehead atoms. The van der Waals surface area contributed by atoms with Gasteiger partial charge in [-0.15, -0.1) is 0 Å². The summed E-state index contributed by atoms with van der Waals surface area (Å²) in [6.07, 6.45) is -4.07. The quantitative estimate of drug-likeness (QED) is 0.761. The largest absolute Gasteiger partial charge is 0.417 e. The van der Waals surface area contributed by atoms with E-state index in [1.165, 1.54) is 13.2 Å². The number of rotatable bonds is 4. The number of hydrogen-bond acceptors (Lipinski definition) is 5. The number of hydrogen-bond donors (Lipinski definition) is 0. The number of ether oxygens (including phenoxy) is 1. The Hall–Kier alpha value is -1.87. The second-order valence-corrected chi connectivity index (χ2v) is 8.94. The molecule has 5 nitrogen and oxygen atoms in total. The van der Waals surface area contributed by atoms with Gasteiger partial charge >= 0.3 is 6.18 Å². The summed E-state index contributed by atoms with van der Waals surface area (Å²) in [7, 11) is -2.67.